The molecule has 14 unspecified atom stereocenters. The Balaban J connectivity index is 1.12. The highest BCUT2D eigenvalue weighted by atomic mass is 16.9. The van der Waals surface area contributed by atoms with Crippen molar-refractivity contribution < 1.29 is 153 Å². The Bertz CT molecular complexity index is 3370. The Hall–Kier alpha value is -8.53. The summed E-state index contributed by atoms with van der Waals surface area (Å²) in [6.07, 6.45) is -21.1. The van der Waals surface area contributed by atoms with Crippen LogP contribution in [0.1, 0.15) is 59.3 Å². The maximum absolute atomic E-state index is 16.0. The number of aliphatic hydroxyl groups is 5. The van der Waals surface area contributed by atoms with Crippen LogP contribution in [-0.4, -0.2) is 197 Å². The molecule has 77 heavy (non-hydrogen) atoms. The Kier molecular flexibility index (Phi) is 9.96. The number of aliphatic hydroxyl groups excluding tert-OH is 2. The molecule has 1 saturated carbocycles. The second-order valence-corrected chi connectivity index (χ2v) is 19.1. The van der Waals surface area contributed by atoms with E-state index in [0.29, 0.717) is 30.3 Å². The second-order valence-electron chi connectivity index (χ2n) is 19.1. The van der Waals surface area contributed by atoms with Crippen molar-refractivity contribution >= 4 is 29.8 Å². The van der Waals surface area contributed by atoms with Crippen molar-refractivity contribution in [1.82, 2.24) is 0 Å². The quantitative estimate of drug-likeness (QED) is 0.0554. The van der Waals surface area contributed by atoms with Crippen molar-refractivity contribution in [3.63, 3.8) is 0 Å². The molecule has 1 aliphatic carbocycles. The van der Waals surface area contributed by atoms with Gasteiger partial charge in [-0.2, -0.15) is 0 Å². The van der Waals surface area contributed by atoms with E-state index in [4.69, 9.17) is 47.4 Å². The number of carbonyl (C=O) groups is 5. The fourth-order valence-electron chi connectivity index (χ4n) is 11.5. The summed E-state index contributed by atoms with van der Waals surface area (Å²) in [5.74, 6) is -41.4. The van der Waals surface area contributed by atoms with Crippen LogP contribution in [0.15, 0.2) is 30.3 Å². The van der Waals surface area contributed by atoms with Crippen LogP contribution in [0.2, 0.25) is 0 Å². The number of phenolic OH excluding ortho intramolecular Hbond substituents is 11. The Morgan fingerprint density at radius 3 is 1.92 bits per heavy atom. The first-order chi connectivity index (χ1) is 36.1. The lowest BCUT2D eigenvalue weighted by atomic mass is 9.53. The highest BCUT2D eigenvalue weighted by Gasteiger charge is 2.95. The molecule has 31 nitrogen and oxygen atoms in total. The van der Waals surface area contributed by atoms with Gasteiger partial charge in [-0.15, -0.1) is 0 Å². The number of aromatic hydroxyl groups is 11. The molecule has 16 N–H and O–H groups in total. The molecular weight excluding hydrogens is 1050 g/mol. The highest BCUT2D eigenvalue weighted by Crippen LogP contribution is 2.77. The Morgan fingerprint density at radius 2 is 1.25 bits per heavy atom. The number of carbonyl (C=O) groups excluding carboxylic acids is 5. The average Bonchev–Trinajstić information content (AvgIpc) is 3.81. The first-order valence-corrected chi connectivity index (χ1v) is 22.4. The maximum Gasteiger partial charge on any atom is 0.342 e. The van der Waals surface area contributed by atoms with E-state index < -0.39 is 241 Å². The lowest BCUT2D eigenvalue weighted by Crippen LogP contribution is -2.83. The third kappa shape index (κ3) is 6.06. The summed E-state index contributed by atoms with van der Waals surface area (Å²) >= 11 is 0. The van der Waals surface area contributed by atoms with Crippen LogP contribution >= 0.6 is 0 Å². The zero-order valence-corrected chi connectivity index (χ0v) is 38.0. The van der Waals surface area contributed by atoms with Crippen LogP contribution < -0.4 is 4.74 Å². The number of cyclic esters (lactones) is 1. The van der Waals surface area contributed by atoms with Crippen LogP contribution in [0.4, 0.5) is 0 Å². The second kappa shape index (κ2) is 15.5. The van der Waals surface area contributed by atoms with E-state index in [0.717, 1.165) is 0 Å². The number of phenols is 11. The smallest absolute Gasteiger partial charge is 0.342 e. The largest absolute Gasteiger partial charge is 0.504 e. The van der Waals surface area contributed by atoms with Gasteiger partial charge >= 0.3 is 35.6 Å². The third-order valence-corrected chi connectivity index (χ3v) is 15.0. The molecule has 31 heteroatoms. The molecule has 2 spiro atoms. The van der Waals surface area contributed by atoms with Gasteiger partial charge in [-0.05, 0) is 30.3 Å². The summed E-state index contributed by atoms with van der Waals surface area (Å²) in [7, 11) is 0. The van der Waals surface area contributed by atoms with E-state index in [1.54, 1.807) is 0 Å². The van der Waals surface area contributed by atoms with E-state index in [-0.39, 0.29) is 0 Å². The van der Waals surface area contributed by atoms with Gasteiger partial charge in [0.1, 0.15) is 42.0 Å². The molecule has 4 aromatic rings. The minimum Gasteiger partial charge on any atom is -0.504 e. The maximum atomic E-state index is 16.0. The number of rotatable bonds is 2. The van der Waals surface area contributed by atoms with Gasteiger partial charge in [0.2, 0.25) is 47.0 Å². The van der Waals surface area contributed by atoms with Gasteiger partial charge in [0.25, 0.3) is 0 Å². The summed E-state index contributed by atoms with van der Waals surface area (Å²) in [6, 6.07) is 2.45. The fourth-order valence-corrected chi connectivity index (χ4v) is 11.5. The van der Waals surface area contributed by atoms with E-state index in [1.165, 1.54) is 0 Å². The lowest BCUT2D eigenvalue weighted by Gasteiger charge is -2.62. The molecule has 12 rings (SSSR count). The van der Waals surface area contributed by atoms with Gasteiger partial charge in [-0.1, -0.05) is 0 Å². The molecular formula is C46H36O31. The SMILES string of the molecule is O=C(OC1OC2COC(=O)c3cc(c(O)c(O)c3O)-c3c(cc(O)c(O)c3O)C(=O)OC3C2OC(=O)C24CC5(O)OC6(OCC(O)C6O)C2OC2(O)C4c4c(cc(O)c(O)c4OC52O)C(=O)OC13)c1cc(O)c(O)c(O)c1. The molecule has 0 amide bonds. The standard InChI is InChI=1S/C46H36O31/c47-14-1-9(2-15(48)24(14)54)35(60)74-39-32-31-29(19(70-39)7-68-36(61)13-3-10(22(52)28(58)23(13)53)20-11(37(62)71-31)4-16(49)25(55)27(20)57)73-41(64)42-8-43(65)46(67)45(66,76-40(42)44(77-43)34(59)18(51)6-69-44)33(42)21-12(38(63)72-32)5-17(50)26(56)30(21)75-46/h1-5,18-19,29,31-34,39-40,47-59,65-67H,6-8H2. The average molecular weight is 1080 g/mol. The molecule has 4 aromatic carbocycles. The van der Waals surface area contributed by atoms with Crippen LogP contribution in [0.5, 0.6) is 69.0 Å². The van der Waals surface area contributed by atoms with Crippen molar-refractivity contribution in [2.75, 3.05) is 13.2 Å². The summed E-state index contributed by atoms with van der Waals surface area (Å²) in [5, 5.41) is 179. The monoisotopic (exact) mass is 1080 g/mol. The van der Waals surface area contributed by atoms with E-state index in [2.05, 4.69) is 0 Å². The van der Waals surface area contributed by atoms with E-state index in [1.807, 2.05) is 0 Å². The normalized spacial score (nSPS) is 36.1. The molecule has 406 valence electrons. The van der Waals surface area contributed by atoms with Gasteiger partial charge in [-0.25, -0.2) is 19.2 Å². The summed E-state index contributed by atoms with van der Waals surface area (Å²) in [4.78, 5) is 74.1. The first kappa shape index (κ1) is 49.4. The molecule has 0 radical (unpaired) electrons. The minimum atomic E-state index is -3.82. The minimum absolute atomic E-state index is 0.381. The van der Waals surface area contributed by atoms with Gasteiger partial charge in [0.15, 0.2) is 64.0 Å². The number of hydrogen-bond acceptors (Lipinski definition) is 31. The highest BCUT2D eigenvalue weighted by molar-refractivity contribution is 6.05. The number of ether oxygens (including phenoxy) is 10. The van der Waals surface area contributed by atoms with Crippen molar-refractivity contribution in [2.45, 2.75) is 84.5 Å². The van der Waals surface area contributed by atoms with Crippen LogP contribution in [0.25, 0.3) is 11.1 Å². The summed E-state index contributed by atoms with van der Waals surface area (Å²) < 4.78 is 58.2. The Labute approximate surface area is 423 Å². The molecule has 0 aromatic heterocycles. The van der Waals surface area contributed by atoms with Crippen molar-refractivity contribution in [3.05, 3.63) is 58.1 Å². The predicted octanol–water partition coefficient (Wildman–Crippen LogP) is -2.65. The van der Waals surface area contributed by atoms with Crippen molar-refractivity contribution in [1.29, 1.82) is 0 Å². The molecule has 8 aliphatic rings. The zero-order valence-electron chi connectivity index (χ0n) is 38.0. The van der Waals surface area contributed by atoms with Crippen LogP contribution in [0.3, 0.4) is 0 Å². The molecule has 7 aliphatic heterocycles. The van der Waals surface area contributed by atoms with Gasteiger partial charge < -0.3 is 129 Å². The topological polar surface area (TPSA) is 501 Å². The molecule has 7 heterocycles. The van der Waals surface area contributed by atoms with Crippen LogP contribution in [-0.2, 0) is 47.4 Å². The summed E-state index contributed by atoms with van der Waals surface area (Å²) in [5.41, 5.74) is -10.2. The van der Waals surface area contributed by atoms with Gasteiger partial charge in [0.05, 0.1) is 29.2 Å². The van der Waals surface area contributed by atoms with Gasteiger partial charge in [0, 0.05) is 23.1 Å². The number of fused-ring (bicyclic) bond motifs is 7. The predicted molar refractivity (Wildman–Crippen MR) is 228 cm³/mol. The summed E-state index contributed by atoms with van der Waals surface area (Å²) in [6.45, 7) is -2.25. The Morgan fingerprint density at radius 1 is 0.623 bits per heavy atom. The zero-order chi connectivity index (χ0) is 55.3. The third-order valence-electron chi connectivity index (χ3n) is 15.0. The van der Waals surface area contributed by atoms with Crippen molar-refractivity contribution in [3.8, 4) is 80.1 Å². The van der Waals surface area contributed by atoms with E-state index >= 15 is 9.59 Å². The van der Waals surface area contributed by atoms with Crippen LogP contribution in [0, 0.1) is 5.41 Å². The molecule has 4 saturated heterocycles. The fraction of sp³-hybridized carbons (Fsp3) is 0.370. The van der Waals surface area contributed by atoms with Gasteiger partial charge in [-0.3, -0.25) is 4.79 Å². The first-order valence-electron chi connectivity index (χ1n) is 22.4. The molecule has 11 bridgehead atoms. The number of hydrogen-bond donors (Lipinski definition) is 16. The number of esters is 5. The molecule has 14 atom stereocenters. The molecule has 5 fully saturated rings. The van der Waals surface area contributed by atoms with Crippen molar-refractivity contribution in [2.24, 2.45) is 5.41 Å². The lowest BCUT2D eigenvalue weighted by molar-refractivity contribution is -0.490. The number of benzene rings is 4. The van der Waals surface area contributed by atoms with E-state index in [9.17, 15) is 96.1 Å².